The zero-order chi connectivity index (χ0) is 9.26. The molecule has 0 atom stereocenters. The van der Waals surface area contributed by atoms with E-state index in [-0.39, 0.29) is 59.5 Å². The maximum absolute atomic E-state index is 10.6. The summed E-state index contributed by atoms with van der Waals surface area (Å²) in [6, 6.07) is 7.45. The second-order valence-electron chi connectivity index (χ2n) is 2.74. The van der Waals surface area contributed by atoms with Crippen molar-refractivity contribution in [1.82, 2.24) is 4.90 Å². The topological polar surface area (TPSA) is 52.9 Å². The molecule has 0 radical (unpaired) electrons. The molecule has 0 unspecified atom stereocenters. The molecule has 1 aliphatic heterocycles. The Hall–Kier alpha value is -0.204. The van der Waals surface area contributed by atoms with E-state index in [0.717, 1.165) is 15.5 Å². The Kier molecular flexibility index (Phi) is 4.27. The van der Waals surface area contributed by atoms with Gasteiger partial charge in [-0.3, -0.25) is 9.89 Å². The number of carboxylic acid groups (broad SMARTS) is 1. The van der Waals surface area contributed by atoms with E-state index in [1.165, 1.54) is 0 Å². The second kappa shape index (κ2) is 5.04. The smallest absolute Gasteiger partial charge is 1.00 e. The summed E-state index contributed by atoms with van der Waals surface area (Å²) >= 11 is 0. The van der Waals surface area contributed by atoms with Gasteiger partial charge in [0.1, 0.15) is 6.67 Å². The standard InChI is InChI=1S/C9H8N2O2.K.H/c12-9(13)11-5-7-3-1-2-4-8(7)10-6-11;;/h1-5H,6H2,(H,12,13);;/q;+1;-1. The molecule has 2 rings (SSSR count). The van der Waals surface area contributed by atoms with Gasteiger partial charge >= 0.3 is 57.5 Å². The van der Waals surface area contributed by atoms with Crippen molar-refractivity contribution in [2.45, 2.75) is 0 Å². The third-order valence-electron chi connectivity index (χ3n) is 1.87. The molecule has 1 aromatic rings. The van der Waals surface area contributed by atoms with Crippen LogP contribution in [0.5, 0.6) is 0 Å². The molecule has 0 bridgehead atoms. The summed E-state index contributed by atoms with van der Waals surface area (Å²) in [7, 11) is 0. The Bertz CT molecular complexity index is 463. The summed E-state index contributed by atoms with van der Waals surface area (Å²) in [5.41, 5.74) is 0. The van der Waals surface area contributed by atoms with Gasteiger partial charge < -0.3 is 6.53 Å². The molecule has 0 fully saturated rings. The minimum atomic E-state index is -0.974. The molecule has 1 N–H and O–H groups in total. The van der Waals surface area contributed by atoms with Gasteiger partial charge in [0, 0.05) is 11.4 Å². The Morgan fingerprint density at radius 2 is 2.21 bits per heavy atom. The molecule has 0 spiro atoms. The van der Waals surface area contributed by atoms with Crippen molar-refractivity contribution in [2.75, 3.05) is 6.67 Å². The molecule has 1 heterocycles. The Morgan fingerprint density at radius 3 is 2.93 bits per heavy atom. The van der Waals surface area contributed by atoms with Gasteiger partial charge in [0.25, 0.3) is 0 Å². The van der Waals surface area contributed by atoms with Gasteiger partial charge in [0.15, 0.2) is 0 Å². The molecule has 14 heavy (non-hydrogen) atoms. The molecule has 5 heteroatoms. The summed E-state index contributed by atoms with van der Waals surface area (Å²) in [5.74, 6) is 0. The van der Waals surface area contributed by atoms with E-state index in [2.05, 4.69) is 4.99 Å². The number of amides is 1. The van der Waals surface area contributed by atoms with Gasteiger partial charge in [0.05, 0.1) is 5.36 Å². The van der Waals surface area contributed by atoms with Crippen LogP contribution in [-0.4, -0.2) is 22.8 Å². The van der Waals surface area contributed by atoms with Crippen LogP contribution >= 0.6 is 0 Å². The summed E-state index contributed by atoms with van der Waals surface area (Å²) in [4.78, 5) is 15.9. The van der Waals surface area contributed by atoms with Crippen molar-refractivity contribution in [3.63, 3.8) is 0 Å². The zero-order valence-electron chi connectivity index (χ0n) is 8.84. The molecule has 0 saturated carbocycles. The van der Waals surface area contributed by atoms with Gasteiger partial charge in [-0.1, -0.05) is 18.2 Å². The Labute approximate surface area is 125 Å². The van der Waals surface area contributed by atoms with Crippen LogP contribution in [0.4, 0.5) is 4.79 Å². The predicted octanol–water partition coefficient (Wildman–Crippen LogP) is -2.89. The number of para-hydroxylation sites is 1. The fraction of sp³-hybridized carbons (Fsp3) is 0.111. The van der Waals surface area contributed by atoms with E-state index in [1.807, 2.05) is 24.3 Å². The molecule has 0 aliphatic carbocycles. The maximum Gasteiger partial charge on any atom is 1.00 e. The van der Waals surface area contributed by atoms with Crippen LogP contribution in [0.3, 0.4) is 0 Å². The molecule has 1 aromatic carbocycles. The first kappa shape index (κ1) is 11.9. The van der Waals surface area contributed by atoms with Gasteiger partial charge in [-0.15, -0.1) is 0 Å². The van der Waals surface area contributed by atoms with Crippen LogP contribution < -0.4 is 62.0 Å². The van der Waals surface area contributed by atoms with Crippen LogP contribution in [0.1, 0.15) is 1.43 Å². The van der Waals surface area contributed by atoms with Gasteiger partial charge in [-0.05, 0) is 6.07 Å². The molecule has 1 amide bonds. The summed E-state index contributed by atoms with van der Waals surface area (Å²) in [6.45, 7) is 0.187. The third kappa shape index (κ3) is 2.43. The number of hydrogen-bond acceptors (Lipinski definition) is 2. The number of carbonyl (C=O) groups is 1. The van der Waals surface area contributed by atoms with Crippen LogP contribution in [-0.2, 0) is 0 Å². The fourth-order valence-electron chi connectivity index (χ4n) is 1.22. The minimum Gasteiger partial charge on any atom is -1.00 e. The maximum atomic E-state index is 10.6. The van der Waals surface area contributed by atoms with Crippen molar-refractivity contribution in [2.24, 2.45) is 4.99 Å². The predicted molar refractivity (Wildman–Crippen MR) is 47.5 cm³/mol. The van der Waals surface area contributed by atoms with Gasteiger partial charge in [-0.2, -0.15) is 0 Å². The van der Waals surface area contributed by atoms with E-state index < -0.39 is 6.09 Å². The average Bonchev–Trinajstić information content (AvgIpc) is 2.17. The Morgan fingerprint density at radius 1 is 1.50 bits per heavy atom. The SMILES string of the molecule is O=C(O)N1C=c2ccccc2=NC1.[H-].[K+]. The van der Waals surface area contributed by atoms with Crippen LogP contribution in [0.2, 0.25) is 0 Å². The molecule has 0 saturated heterocycles. The van der Waals surface area contributed by atoms with E-state index in [4.69, 9.17) is 5.11 Å². The van der Waals surface area contributed by atoms with Crippen molar-refractivity contribution in [1.29, 1.82) is 0 Å². The van der Waals surface area contributed by atoms with Crippen LogP contribution in [0.25, 0.3) is 6.20 Å². The molecule has 0 aromatic heterocycles. The van der Waals surface area contributed by atoms with E-state index in [0.29, 0.717) is 0 Å². The van der Waals surface area contributed by atoms with Crippen LogP contribution in [0.15, 0.2) is 29.3 Å². The van der Waals surface area contributed by atoms with Crippen molar-refractivity contribution < 1.29 is 62.7 Å². The van der Waals surface area contributed by atoms with Gasteiger partial charge in [-0.25, -0.2) is 4.79 Å². The van der Waals surface area contributed by atoms with Crippen molar-refractivity contribution >= 4 is 12.3 Å². The normalized spacial score (nSPS) is 13.0. The Balaban J connectivity index is 0.000000980. The molecular formula is C9H9KN2O2. The fourth-order valence-corrected chi connectivity index (χ4v) is 1.22. The quantitative estimate of drug-likeness (QED) is 0.473. The van der Waals surface area contributed by atoms with Crippen molar-refractivity contribution in [3.05, 3.63) is 34.8 Å². The number of hydrogen-bond donors (Lipinski definition) is 1. The average molecular weight is 216 g/mol. The first-order valence-electron chi connectivity index (χ1n) is 3.88. The van der Waals surface area contributed by atoms with Gasteiger partial charge in [0.2, 0.25) is 0 Å². The first-order valence-corrected chi connectivity index (χ1v) is 3.88. The molecular weight excluding hydrogens is 207 g/mol. The van der Waals surface area contributed by atoms with Crippen LogP contribution in [0, 0.1) is 0 Å². The monoisotopic (exact) mass is 216 g/mol. The number of benzene rings is 1. The molecule has 4 nitrogen and oxygen atoms in total. The third-order valence-corrected chi connectivity index (χ3v) is 1.87. The minimum absolute atomic E-state index is 0. The zero-order valence-corrected chi connectivity index (χ0v) is 11.0. The summed E-state index contributed by atoms with van der Waals surface area (Å²) in [5, 5.41) is 10.4. The van der Waals surface area contributed by atoms with E-state index in [1.54, 1.807) is 6.20 Å². The second-order valence-corrected chi connectivity index (χ2v) is 2.74. The number of fused-ring (bicyclic) bond motifs is 1. The largest absolute Gasteiger partial charge is 1.00 e. The van der Waals surface area contributed by atoms with E-state index in [9.17, 15) is 4.79 Å². The van der Waals surface area contributed by atoms with Crippen molar-refractivity contribution in [3.8, 4) is 0 Å². The summed E-state index contributed by atoms with van der Waals surface area (Å²) in [6.07, 6.45) is 0.614. The molecule has 1 aliphatic rings. The van der Waals surface area contributed by atoms with E-state index >= 15 is 0 Å². The number of rotatable bonds is 0. The summed E-state index contributed by atoms with van der Waals surface area (Å²) < 4.78 is 0. The first-order chi connectivity index (χ1) is 6.27. The number of nitrogens with zero attached hydrogens (tertiary/aromatic N) is 2. The molecule has 68 valence electrons.